The summed E-state index contributed by atoms with van der Waals surface area (Å²) in [5.74, 6) is -1.04. The summed E-state index contributed by atoms with van der Waals surface area (Å²) in [7, 11) is 1.70. The van der Waals surface area contributed by atoms with Crippen molar-refractivity contribution < 1.29 is 23.9 Å². The third kappa shape index (κ3) is 7.03. The monoisotopic (exact) mass is 724 g/mol. The molecule has 1 saturated heterocycles. The van der Waals surface area contributed by atoms with E-state index in [9.17, 15) is 14.4 Å². The summed E-state index contributed by atoms with van der Waals surface area (Å²) in [6.07, 6.45) is 4.85. The minimum absolute atomic E-state index is 0.161. The molecular formula is C40H48N6O5S. The Morgan fingerprint density at radius 1 is 1.23 bits per heavy atom. The van der Waals surface area contributed by atoms with Crippen LogP contribution in [0.5, 0.6) is 0 Å². The fourth-order valence-electron chi connectivity index (χ4n) is 7.68. The standard InChI is InChI=1S/C40H48N6O5S/c1-7-45-33-13-12-25-18-28(33)29(36(45)27-10-8-14-41-35(27)24(3)50-6)20-40(4,5)22-51-39(49)30-11-9-15-46(44-30)38(48)31(19-34-42-32(25)21-52-34)43-37(47)26-16-23(2)17-26/h8,10,12-14,18,21,24,26,30-31,44H,2,7,9,11,15-17,19-20,22H2,1,3-6H3,(H,43,47)/t24-,30-,31-/m0/s1. The first kappa shape index (κ1) is 36.0. The molecule has 1 aromatic carbocycles. The van der Waals surface area contributed by atoms with Crippen LogP contribution in [0.15, 0.2) is 54.1 Å². The molecule has 1 aliphatic carbocycles. The van der Waals surface area contributed by atoms with Gasteiger partial charge in [0.05, 0.1) is 34.8 Å². The lowest BCUT2D eigenvalue weighted by atomic mass is 9.80. The molecule has 0 spiro atoms. The van der Waals surface area contributed by atoms with Gasteiger partial charge in [-0.05, 0) is 75.8 Å². The van der Waals surface area contributed by atoms with E-state index >= 15 is 0 Å². The number of methoxy groups -OCH3 is 1. The molecule has 6 bridgehead atoms. The Kier molecular flexibility index (Phi) is 10.1. The number of ether oxygens (including phenoxy) is 2. The van der Waals surface area contributed by atoms with Crippen molar-refractivity contribution >= 4 is 40.0 Å². The number of aromatic nitrogens is 3. The third-order valence-corrected chi connectivity index (χ3v) is 11.5. The predicted molar refractivity (Wildman–Crippen MR) is 201 cm³/mol. The Morgan fingerprint density at radius 3 is 2.79 bits per heavy atom. The second-order valence-electron chi connectivity index (χ2n) is 15.1. The molecule has 2 N–H and O–H groups in total. The average molecular weight is 725 g/mol. The van der Waals surface area contributed by atoms with E-state index in [0.717, 1.165) is 61.8 Å². The number of carbonyl (C=O) groups excluding carboxylic acids is 3. The lowest BCUT2D eigenvalue weighted by molar-refractivity contribution is -0.155. The number of allylic oxidation sites excluding steroid dienone is 1. The molecular weight excluding hydrogens is 677 g/mol. The molecule has 3 aromatic heterocycles. The van der Waals surface area contributed by atoms with Crippen molar-refractivity contribution in [1.82, 2.24) is 30.3 Å². The number of thiazole rings is 1. The molecule has 3 atom stereocenters. The number of hydrogen-bond acceptors (Lipinski definition) is 9. The Hall–Kier alpha value is -4.39. The highest BCUT2D eigenvalue weighted by Crippen LogP contribution is 2.42. The van der Waals surface area contributed by atoms with Crippen molar-refractivity contribution in [3.63, 3.8) is 0 Å². The first-order chi connectivity index (χ1) is 25.0. The van der Waals surface area contributed by atoms with Gasteiger partial charge in [0.1, 0.15) is 12.1 Å². The Morgan fingerprint density at radius 2 is 2.04 bits per heavy atom. The summed E-state index contributed by atoms with van der Waals surface area (Å²) in [5.41, 5.74) is 10.7. The quantitative estimate of drug-likeness (QED) is 0.179. The van der Waals surface area contributed by atoms with E-state index in [1.54, 1.807) is 13.3 Å². The number of aryl methyl sites for hydroxylation is 1. The van der Waals surface area contributed by atoms with E-state index < -0.39 is 23.5 Å². The van der Waals surface area contributed by atoms with Crippen LogP contribution in [-0.4, -0.2) is 69.7 Å². The number of amides is 2. The number of hydrazine groups is 1. The number of cyclic esters (lactones) is 1. The molecule has 7 rings (SSSR count). The Balaban J connectivity index is 1.35. The number of hydrogen-bond donors (Lipinski definition) is 2. The molecule has 2 amide bonds. The van der Waals surface area contributed by atoms with Gasteiger partial charge in [0.25, 0.3) is 5.91 Å². The first-order valence-corrected chi connectivity index (χ1v) is 19.1. The zero-order valence-corrected chi connectivity index (χ0v) is 31.5. The van der Waals surface area contributed by atoms with Crippen LogP contribution in [0.2, 0.25) is 0 Å². The average Bonchev–Trinajstić information content (AvgIpc) is 3.72. The number of pyridine rings is 1. The summed E-state index contributed by atoms with van der Waals surface area (Å²) in [4.78, 5) is 50.7. The van der Waals surface area contributed by atoms with Crippen molar-refractivity contribution in [2.45, 2.75) is 91.0 Å². The van der Waals surface area contributed by atoms with Crippen LogP contribution >= 0.6 is 11.3 Å². The normalized spacial score (nSPS) is 21.7. The molecule has 11 nitrogen and oxygen atoms in total. The molecule has 12 heteroatoms. The highest BCUT2D eigenvalue weighted by molar-refractivity contribution is 7.10. The lowest BCUT2D eigenvalue weighted by Crippen LogP contribution is -2.61. The van der Waals surface area contributed by atoms with Crippen molar-refractivity contribution in [3.8, 4) is 22.5 Å². The van der Waals surface area contributed by atoms with Gasteiger partial charge < -0.3 is 19.4 Å². The zero-order valence-electron chi connectivity index (χ0n) is 30.7. The fraction of sp³-hybridized carbons (Fsp3) is 0.475. The second-order valence-corrected chi connectivity index (χ2v) is 16.1. The van der Waals surface area contributed by atoms with E-state index in [0.29, 0.717) is 38.6 Å². The van der Waals surface area contributed by atoms with Crippen LogP contribution in [0, 0.1) is 11.3 Å². The van der Waals surface area contributed by atoms with Crippen LogP contribution in [-0.2, 0) is 43.2 Å². The SMILES string of the molecule is C=C1CC(C(=O)N[C@H]2Cc3nc(cs3)-c3ccc4c(c3)c(c(-c3cccnc3[C@H](C)OC)n4CC)CC(C)(C)COC(=O)[C@@H]3CCCN(N3)C2=O)C1. The summed E-state index contributed by atoms with van der Waals surface area (Å²) in [6, 6.07) is 9.00. The van der Waals surface area contributed by atoms with E-state index in [4.69, 9.17) is 19.4 Å². The lowest BCUT2D eigenvalue weighted by Gasteiger charge is -2.36. The van der Waals surface area contributed by atoms with Gasteiger partial charge in [0.15, 0.2) is 0 Å². The summed E-state index contributed by atoms with van der Waals surface area (Å²) < 4.78 is 14.2. The number of carbonyl (C=O) groups is 3. The summed E-state index contributed by atoms with van der Waals surface area (Å²) in [5, 5.41) is 8.36. The second kappa shape index (κ2) is 14.6. The summed E-state index contributed by atoms with van der Waals surface area (Å²) >= 11 is 1.48. The van der Waals surface area contributed by atoms with Gasteiger partial charge in [-0.2, -0.15) is 0 Å². The van der Waals surface area contributed by atoms with Gasteiger partial charge in [-0.25, -0.2) is 10.4 Å². The molecule has 5 heterocycles. The van der Waals surface area contributed by atoms with Crippen molar-refractivity contribution in [2.75, 3.05) is 20.3 Å². The molecule has 4 aromatic rings. The Bertz CT molecular complexity index is 2030. The minimum atomic E-state index is -0.848. The molecule has 2 fully saturated rings. The molecule has 0 radical (unpaired) electrons. The first-order valence-electron chi connectivity index (χ1n) is 18.3. The van der Waals surface area contributed by atoms with Crippen LogP contribution in [0.25, 0.3) is 33.4 Å². The molecule has 52 heavy (non-hydrogen) atoms. The molecule has 274 valence electrons. The minimum Gasteiger partial charge on any atom is -0.464 e. The van der Waals surface area contributed by atoms with Crippen LogP contribution in [0.3, 0.4) is 0 Å². The van der Waals surface area contributed by atoms with Gasteiger partial charge in [-0.15, -0.1) is 11.3 Å². The van der Waals surface area contributed by atoms with E-state index in [2.05, 4.69) is 66.9 Å². The van der Waals surface area contributed by atoms with Crippen LogP contribution in [0.4, 0.5) is 0 Å². The maximum atomic E-state index is 14.1. The van der Waals surface area contributed by atoms with Crippen molar-refractivity contribution in [2.24, 2.45) is 11.3 Å². The maximum Gasteiger partial charge on any atom is 0.324 e. The predicted octanol–water partition coefficient (Wildman–Crippen LogP) is 6.17. The molecule has 1 saturated carbocycles. The number of nitrogens with zero attached hydrogens (tertiary/aromatic N) is 4. The van der Waals surface area contributed by atoms with E-state index in [1.165, 1.54) is 16.3 Å². The van der Waals surface area contributed by atoms with Crippen LogP contribution in [0.1, 0.15) is 75.7 Å². The third-order valence-electron chi connectivity index (χ3n) is 10.6. The number of nitrogens with one attached hydrogen (secondary N) is 2. The van der Waals surface area contributed by atoms with Crippen molar-refractivity contribution in [1.29, 1.82) is 0 Å². The molecule has 3 aliphatic rings. The largest absolute Gasteiger partial charge is 0.464 e. The van der Waals surface area contributed by atoms with Gasteiger partial charge in [0.2, 0.25) is 5.91 Å². The number of esters is 1. The van der Waals surface area contributed by atoms with E-state index in [-0.39, 0.29) is 36.9 Å². The van der Waals surface area contributed by atoms with Gasteiger partial charge in [-0.3, -0.25) is 24.4 Å². The van der Waals surface area contributed by atoms with Crippen LogP contribution < -0.4 is 10.7 Å². The number of fused-ring (bicyclic) bond motifs is 6. The molecule has 2 aliphatic heterocycles. The number of benzene rings is 1. The highest BCUT2D eigenvalue weighted by Gasteiger charge is 2.37. The fourth-order valence-corrected chi connectivity index (χ4v) is 8.53. The topological polar surface area (TPSA) is 128 Å². The highest BCUT2D eigenvalue weighted by atomic mass is 32.1. The van der Waals surface area contributed by atoms with Crippen molar-refractivity contribution in [3.05, 3.63) is 70.3 Å². The summed E-state index contributed by atoms with van der Waals surface area (Å²) in [6.45, 7) is 13.7. The van der Waals surface area contributed by atoms with Gasteiger partial charge in [-0.1, -0.05) is 32.1 Å². The van der Waals surface area contributed by atoms with Gasteiger partial charge >= 0.3 is 5.97 Å². The zero-order chi connectivity index (χ0) is 36.7. The van der Waals surface area contributed by atoms with Gasteiger partial charge in [0, 0.05) is 71.6 Å². The molecule has 0 unspecified atom stereocenters. The Labute approximate surface area is 308 Å². The number of rotatable bonds is 6. The smallest absolute Gasteiger partial charge is 0.324 e. The maximum absolute atomic E-state index is 14.1. The van der Waals surface area contributed by atoms with E-state index in [1.807, 2.05) is 18.4 Å².